The van der Waals surface area contributed by atoms with Crippen LogP contribution in [0.2, 0.25) is 0 Å². The van der Waals surface area contributed by atoms with Crippen molar-refractivity contribution in [3.05, 3.63) is 56.2 Å². The van der Waals surface area contributed by atoms with Crippen LogP contribution in [0.15, 0.2) is 40.2 Å². The molecule has 0 saturated carbocycles. The van der Waals surface area contributed by atoms with Crippen molar-refractivity contribution in [2.24, 2.45) is 5.92 Å². The lowest BCUT2D eigenvalue weighted by molar-refractivity contribution is 0.330. The summed E-state index contributed by atoms with van der Waals surface area (Å²) in [4.78, 5) is 1.47. The molecule has 0 fully saturated rings. The molecule has 3 heteroatoms. The minimum Gasteiger partial charge on any atom is -0.309 e. The first-order chi connectivity index (χ1) is 10.3. The van der Waals surface area contributed by atoms with Gasteiger partial charge in [0.15, 0.2) is 0 Å². The average Bonchev–Trinajstić information content (AvgIpc) is 2.94. The highest BCUT2D eigenvalue weighted by molar-refractivity contribution is 9.11. The Morgan fingerprint density at radius 1 is 1.24 bits per heavy atom. The van der Waals surface area contributed by atoms with Crippen molar-refractivity contribution in [1.82, 2.24) is 5.32 Å². The lowest BCUT2D eigenvalue weighted by Gasteiger charge is -2.32. The zero-order chi connectivity index (χ0) is 14.7. The summed E-state index contributed by atoms with van der Waals surface area (Å²) >= 11 is 5.48. The number of rotatable bonds is 5. The van der Waals surface area contributed by atoms with Gasteiger partial charge in [0, 0.05) is 10.9 Å². The van der Waals surface area contributed by atoms with E-state index in [0.717, 1.165) is 6.54 Å². The number of hydrogen-bond donors (Lipinski definition) is 1. The van der Waals surface area contributed by atoms with Crippen molar-refractivity contribution < 1.29 is 0 Å². The molecule has 1 aliphatic carbocycles. The van der Waals surface area contributed by atoms with Gasteiger partial charge in [0.05, 0.1) is 3.79 Å². The van der Waals surface area contributed by atoms with Crippen LogP contribution in [0, 0.1) is 5.92 Å². The number of aryl methyl sites for hydroxylation is 1. The zero-order valence-corrected chi connectivity index (χ0v) is 14.8. The van der Waals surface area contributed by atoms with E-state index in [1.54, 1.807) is 11.1 Å². The summed E-state index contributed by atoms with van der Waals surface area (Å²) in [6, 6.07) is 13.9. The first kappa shape index (κ1) is 15.3. The third-order valence-electron chi connectivity index (χ3n) is 4.37. The Kier molecular flexibility index (Phi) is 5.15. The molecule has 0 bridgehead atoms. The van der Waals surface area contributed by atoms with E-state index in [1.807, 2.05) is 11.3 Å². The highest BCUT2D eigenvalue weighted by atomic mass is 79.9. The second kappa shape index (κ2) is 7.08. The maximum absolute atomic E-state index is 3.79. The highest BCUT2D eigenvalue weighted by Crippen LogP contribution is 2.37. The maximum atomic E-state index is 3.79. The highest BCUT2D eigenvalue weighted by Gasteiger charge is 2.27. The molecule has 1 aliphatic rings. The number of halogens is 1. The van der Waals surface area contributed by atoms with Crippen LogP contribution in [0.4, 0.5) is 0 Å². The van der Waals surface area contributed by atoms with Crippen molar-refractivity contribution in [1.29, 1.82) is 0 Å². The third-order valence-corrected chi connectivity index (χ3v) is 6.08. The minimum atomic E-state index is 0.495. The molecule has 3 rings (SSSR count). The van der Waals surface area contributed by atoms with Crippen molar-refractivity contribution in [3.8, 4) is 0 Å². The summed E-state index contributed by atoms with van der Waals surface area (Å²) in [5.74, 6) is 0.706. The quantitative estimate of drug-likeness (QED) is 0.753. The molecule has 0 saturated heterocycles. The third kappa shape index (κ3) is 3.58. The van der Waals surface area contributed by atoms with Gasteiger partial charge in [-0.3, -0.25) is 0 Å². The summed E-state index contributed by atoms with van der Waals surface area (Å²) < 4.78 is 1.23. The molecule has 0 radical (unpaired) electrons. The number of nitrogens with one attached hydrogen (secondary N) is 1. The van der Waals surface area contributed by atoms with E-state index < -0.39 is 0 Å². The summed E-state index contributed by atoms with van der Waals surface area (Å²) in [5.41, 5.74) is 3.10. The Morgan fingerprint density at radius 3 is 2.76 bits per heavy atom. The predicted molar refractivity (Wildman–Crippen MR) is 95.0 cm³/mol. The summed E-state index contributed by atoms with van der Waals surface area (Å²) in [6.07, 6.45) is 4.89. The van der Waals surface area contributed by atoms with Gasteiger partial charge >= 0.3 is 0 Å². The normalized spacial score (nSPS) is 19.2. The van der Waals surface area contributed by atoms with E-state index in [2.05, 4.69) is 64.6 Å². The van der Waals surface area contributed by atoms with Crippen LogP contribution in [0.5, 0.6) is 0 Å². The molecule has 0 amide bonds. The molecular formula is C18H22BrNS. The largest absolute Gasteiger partial charge is 0.309 e. The van der Waals surface area contributed by atoms with Crippen LogP contribution in [-0.2, 0) is 12.8 Å². The molecule has 1 nitrogen and oxygen atoms in total. The molecule has 1 aromatic heterocycles. The van der Waals surface area contributed by atoms with Crippen LogP contribution in [-0.4, -0.2) is 6.54 Å². The molecule has 1 N–H and O–H groups in total. The fraction of sp³-hybridized carbons (Fsp3) is 0.444. The van der Waals surface area contributed by atoms with Crippen LogP contribution >= 0.6 is 27.3 Å². The molecule has 1 heterocycles. The second-order valence-corrected chi connectivity index (χ2v) is 8.34. The van der Waals surface area contributed by atoms with Crippen LogP contribution < -0.4 is 5.32 Å². The van der Waals surface area contributed by atoms with E-state index in [1.165, 1.54) is 34.3 Å². The van der Waals surface area contributed by atoms with Gasteiger partial charge in [-0.05, 0) is 77.3 Å². The number of fused-ring (bicyclic) bond motifs is 1. The lowest BCUT2D eigenvalue weighted by atomic mass is 9.79. The Bertz CT molecular complexity index is 592. The number of thiophene rings is 1. The summed E-state index contributed by atoms with van der Waals surface area (Å²) in [5, 5.41) is 3.79. The SMILES string of the molecule is CCCNC(c1ccc(Br)s1)C1CCc2ccccc2C1. The molecule has 1 aromatic carbocycles. The van der Waals surface area contributed by atoms with Gasteiger partial charge in [-0.15, -0.1) is 11.3 Å². The first-order valence-corrected chi connectivity index (χ1v) is 9.44. The van der Waals surface area contributed by atoms with Crippen LogP contribution in [0.1, 0.15) is 41.8 Å². The van der Waals surface area contributed by atoms with Gasteiger partial charge in [0.2, 0.25) is 0 Å². The standard InChI is InChI=1S/C18H22BrNS/c1-2-11-20-18(16-9-10-17(19)21-16)15-8-7-13-5-3-4-6-14(13)12-15/h3-6,9-10,15,18,20H,2,7-8,11-12H2,1H3. The van der Waals surface area contributed by atoms with Gasteiger partial charge in [0.1, 0.15) is 0 Å². The van der Waals surface area contributed by atoms with Gasteiger partial charge in [-0.2, -0.15) is 0 Å². The molecule has 21 heavy (non-hydrogen) atoms. The predicted octanol–water partition coefficient (Wildman–Crippen LogP) is 5.36. The van der Waals surface area contributed by atoms with E-state index in [0.29, 0.717) is 12.0 Å². The van der Waals surface area contributed by atoms with Crippen molar-refractivity contribution in [2.45, 2.75) is 38.6 Å². The molecule has 112 valence electrons. The van der Waals surface area contributed by atoms with Crippen LogP contribution in [0.3, 0.4) is 0 Å². The zero-order valence-electron chi connectivity index (χ0n) is 12.4. The second-order valence-electron chi connectivity index (χ2n) is 5.85. The molecule has 2 aromatic rings. The summed E-state index contributed by atoms with van der Waals surface area (Å²) in [7, 11) is 0. The van der Waals surface area contributed by atoms with Crippen molar-refractivity contribution >= 4 is 27.3 Å². The Labute approximate surface area is 139 Å². The lowest BCUT2D eigenvalue weighted by Crippen LogP contribution is -2.31. The molecule has 2 atom stereocenters. The van der Waals surface area contributed by atoms with Gasteiger partial charge in [0.25, 0.3) is 0 Å². The van der Waals surface area contributed by atoms with E-state index >= 15 is 0 Å². The smallest absolute Gasteiger partial charge is 0.0701 e. The maximum Gasteiger partial charge on any atom is 0.0701 e. The van der Waals surface area contributed by atoms with E-state index in [-0.39, 0.29) is 0 Å². The van der Waals surface area contributed by atoms with Crippen LogP contribution in [0.25, 0.3) is 0 Å². The number of hydrogen-bond acceptors (Lipinski definition) is 2. The number of benzene rings is 1. The molecular weight excluding hydrogens is 342 g/mol. The average molecular weight is 364 g/mol. The monoisotopic (exact) mass is 363 g/mol. The Morgan fingerprint density at radius 2 is 2.05 bits per heavy atom. The molecule has 0 spiro atoms. The minimum absolute atomic E-state index is 0.495. The first-order valence-electron chi connectivity index (χ1n) is 7.83. The van der Waals surface area contributed by atoms with Gasteiger partial charge in [-0.1, -0.05) is 31.2 Å². The van der Waals surface area contributed by atoms with E-state index in [4.69, 9.17) is 0 Å². The van der Waals surface area contributed by atoms with Gasteiger partial charge in [-0.25, -0.2) is 0 Å². The fourth-order valence-electron chi connectivity index (χ4n) is 3.31. The molecule has 0 aliphatic heterocycles. The topological polar surface area (TPSA) is 12.0 Å². The fourth-order valence-corrected chi connectivity index (χ4v) is 4.90. The Hall–Kier alpha value is -0.640. The Balaban J connectivity index is 1.81. The van der Waals surface area contributed by atoms with Crippen molar-refractivity contribution in [2.75, 3.05) is 6.54 Å². The van der Waals surface area contributed by atoms with E-state index in [9.17, 15) is 0 Å². The van der Waals surface area contributed by atoms with Gasteiger partial charge < -0.3 is 5.32 Å². The molecule has 2 unspecified atom stereocenters. The summed E-state index contributed by atoms with van der Waals surface area (Å²) in [6.45, 7) is 3.34. The van der Waals surface area contributed by atoms with Crippen molar-refractivity contribution in [3.63, 3.8) is 0 Å².